The van der Waals surface area contributed by atoms with Crippen molar-refractivity contribution >= 4 is 11.6 Å². The molecule has 0 spiro atoms. The summed E-state index contributed by atoms with van der Waals surface area (Å²) in [5, 5.41) is 14.5. The van der Waals surface area contributed by atoms with Gasteiger partial charge in [-0.05, 0) is 26.0 Å². The number of aromatic nitrogens is 3. The van der Waals surface area contributed by atoms with Crippen LogP contribution >= 0.6 is 11.6 Å². The summed E-state index contributed by atoms with van der Waals surface area (Å²) >= 11 is 6.12. The Morgan fingerprint density at radius 3 is 2.71 bits per heavy atom. The smallest absolute Gasteiger partial charge is 0.159 e. The van der Waals surface area contributed by atoms with Gasteiger partial charge in [-0.3, -0.25) is 0 Å². The highest BCUT2D eigenvalue weighted by molar-refractivity contribution is 6.33. The summed E-state index contributed by atoms with van der Waals surface area (Å²) in [4.78, 5) is 4.19. The molecule has 90 valence electrons. The molecule has 0 fully saturated rings. The maximum Gasteiger partial charge on any atom is 0.159 e. The second-order valence-electron chi connectivity index (χ2n) is 4.53. The summed E-state index contributed by atoms with van der Waals surface area (Å²) < 4.78 is 1.65. The zero-order valence-corrected chi connectivity index (χ0v) is 10.5. The van der Waals surface area contributed by atoms with Gasteiger partial charge in [-0.2, -0.15) is 5.10 Å². The van der Waals surface area contributed by atoms with E-state index in [1.807, 2.05) is 18.2 Å². The summed E-state index contributed by atoms with van der Waals surface area (Å²) in [5.41, 5.74) is -0.0279. The van der Waals surface area contributed by atoms with E-state index in [2.05, 4.69) is 10.1 Å². The highest BCUT2D eigenvalue weighted by Gasteiger charge is 2.18. The minimum Gasteiger partial charge on any atom is -0.389 e. The first-order valence-electron chi connectivity index (χ1n) is 5.32. The van der Waals surface area contributed by atoms with Crippen LogP contribution in [-0.4, -0.2) is 25.5 Å². The summed E-state index contributed by atoms with van der Waals surface area (Å²) in [6.07, 6.45) is 1.46. The van der Waals surface area contributed by atoms with Crippen LogP contribution in [0.5, 0.6) is 0 Å². The average molecular weight is 252 g/mol. The molecule has 2 rings (SSSR count). The van der Waals surface area contributed by atoms with E-state index in [-0.39, 0.29) is 0 Å². The third-order valence-electron chi connectivity index (χ3n) is 2.27. The maximum atomic E-state index is 9.81. The fourth-order valence-electron chi connectivity index (χ4n) is 1.60. The van der Waals surface area contributed by atoms with Crippen molar-refractivity contribution in [1.82, 2.24) is 14.8 Å². The first-order valence-corrected chi connectivity index (χ1v) is 5.70. The molecule has 1 N–H and O–H groups in total. The van der Waals surface area contributed by atoms with E-state index in [0.717, 1.165) is 5.56 Å². The molecule has 0 bridgehead atoms. The van der Waals surface area contributed by atoms with Crippen molar-refractivity contribution in [3.63, 3.8) is 0 Å². The number of rotatable bonds is 3. The molecule has 1 heterocycles. The van der Waals surface area contributed by atoms with Crippen LogP contribution < -0.4 is 0 Å². The number of hydrogen-bond acceptors (Lipinski definition) is 3. The molecule has 0 aliphatic heterocycles. The normalized spacial score (nSPS) is 11.8. The van der Waals surface area contributed by atoms with Crippen molar-refractivity contribution in [2.75, 3.05) is 0 Å². The quantitative estimate of drug-likeness (QED) is 0.911. The lowest BCUT2D eigenvalue weighted by molar-refractivity contribution is 0.0582. The third-order valence-corrected chi connectivity index (χ3v) is 2.60. The molecule has 0 atom stereocenters. The Morgan fingerprint density at radius 2 is 2.06 bits per heavy atom. The van der Waals surface area contributed by atoms with Crippen molar-refractivity contribution in [3.05, 3.63) is 35.6 Å². The van der Waals surface area contributed by atoms with Crippen LogP contribution in [0.25, 0.3) is 11.4 Å². The fraction of sp³-hybridized carbons (Fsp3) is 0.333. The van der Waals surface area contributed by atoms with E-state index in [4.69, 9.17) is 11.6 Å². The standard InChI is InChI=1S/C12H14ClN3O/c1-12(2,17)7-16-11(14-8-15-16)9-5-3-4-6-10(9)13/h3-6,8,17H,7H2,1-2H3. The third kappa shape index (κ3) is 2.84. The highest BCUT2D eigenvalue weighted by Crippen LogP contribution is 2.26. The molecule has 5 heteroatoms. The summed E-state index contributed by atoms with van der Waals surface area (Å²) in [6.45, 7) is 3.82. The molecule has 1 aromatic carbocycles. The van der Waals surface area contributed by atoms with Gasteiger partial charge in [0, 0.05) is 5.56 Å². The van der Waals surface area contributed by atoms with Gasteiger partial charge in [0.05, 0.1) is 17.2 Å². The zero-order valence-electron chi connectivity index (χ0n) is 9.76. The lowest BCUT2D eigenvalue weighted by Gasteiger charge is -2.18. The predicted octanol–water partition coefficient (Wildman–Crippen LogP) is 2.37. The second kappa shape index (κ2) is 4.47. The summed E-state index contributed by atoms with van der Waals surface area (Å²) in [7, 11) is 0. The zero-order chi connectivity index (χ0) is 12.5. The number of halogens is 1. The molecule has 1 aromatic heterocycles. The van der Waals surface area contributed by atoms with Crippen molar-refractivity contribution in [2.45, 2.75) is 26.0 Å². The van der Waals surface area contributed by atoms with Gasteiger partial charge in [0.15, 0.2) is 5.82 Å². The average Bonchev–Trinajstić information content (AvgIpc) is 2.64. The van der Waals surface area contributed by atoms with Crippen molar-refractivity contribution in [1.29, 1.82) is 0 Å². The lowest BCUT2D eigenvalue weighted by atomic mass is 10.1. The Hall–Kier alpha value is -1.39. The molecule has 0 amide bonds. The van der Waals surface area contributed by atoms with Gasteiger partial charge >= 0.3 is 0 Å². The summed E-state index contributed by atoms with van der Waals surface area (Å²) in [5.74, 6) is 0.665. The predicted molar refractivity (Wildman–Crippen MR) is 66.8 cm³/mol. The van der Waals surface area contributed by atoms with Crippen LogP contribution in [0.15, 0.2) is 30.6 Å². The topological polar surface area (TPSA) is 50.9 Å². The van der Waals surface area contributed by atoms with Gasteiger partial charge in [-0.25, -0.2) is 9.67 Å². The molecule has 0 aliphatic carbocycles. The van der Waals surface area contributed by atoms with Crippen LogP contribution in [0.2, 0.25) is 5.02 Å². The first kappa shape index (κ1) is 12.1. The van der Waals surface area contributed by atoms with E-state index < -0.39 is 5.60 Å². The molecule has 0 aliphatic rings. The van der Waals surface area contributed by atoms with E-state index in [9.17, 15) is 5.11 Å². The van der Waals surface area contributed by atoms with E-state index in [0.29, 0.717) is 17.4 Å². The summed E-state index contributed by atoms with van der Waals surface area (Å²) in [6, 6.07) is 7.44. The Kier molecular flexibility index (Phi) is 3.17. The van der Waals surface area contributed by atoms with Gasteiger partial charge in [0.25, 0.3) is 0 Å². The monoisotopic (exact) mass is 251 g/mol. The van der Waals surface area contributed by atoms with Crippen molar-refractivity contribution in [2.24, 2.45) is 0 Å². The molecule has 2 aromatic rings. The van der Waals surface area contributed by atoms with Crippen LogP contribution in [0, 0.1) is 0 Å². The molecule has 0 saturated heterocycles. The van der Waals surface area contributed by atoms with Crippen LogP contribution in [0.4, 0.5) is 0 Å². The van der Waals surface area contributed by atoms with Gasteiger partial charge in [0.1, 0.15) is 6.33 Å². The van der Waals surface area contributed by atoms with Gasteiger partial charge < -0.3 is 5.11 Å². The SMILES string of the molecule is CC(C)(O)Cn1ncnc1-c1ccccc1Cl. The Morgan fingerprint density at radius 1 is 1.35 bits per heavy atom. The fourth-order valence-corrected chi connectivity index (χ4v) is 1.82. The molecule has 4 nitrogen and oxygen atoms in total. The van der Waals surface area contributed by atoms with Crippen LogP contribution in [0.3, 0.4) is 0 Å². The Labute approximate surface area is 105 Å². The number of hydrogen-bond donors (Lipinski definition) is 1. The van der Waals surface area contributed by atoms with Gasteiger partial charge in [-0.1, -0.05) is 23.7 Å². The van der Waals surface area contributed by atoms with Crippen LogP contribution in [-0.2, 0) is 6.54 Å². The molecule has 0 unspecified atom stereocenters. The molecular weight excluding hydrogens is 238 g/mol. The van der Waals surface area contributed by atoms with Gasteiger partial charge in [0.2, 0.25) is 0 Å². The molecule has 0 saturated carbocycles. The Bertz CT molecular complexity index is 516. The molecule has 0 radical (unpaired) electrons. The van der Waals surface area contributed by atoms with Crippen LogP contribution in [0.1, 0.15) is 13.8 Å². The number of nitrogens with zero attached hydrogens (tertiary/aromatic N) is 3. The molecule has 17 heavy (non-hydrogen) atoms. The minimum atomic E-state index is -0.844. The Balaban J connectivity index is 2.41. The van der Waals surface area contributed by atoms with E-state index in [1.165, 1.54) is 6.33 Å². The minimum absolute atomic E-state index is 0.369. The van der Waals surface area contributed by atoms with Crippen molar-refractivity contribution in [3.8, 4) is 11.4 Å². The van der Waals surface area contributed by atoms with E-state index >= 15 is 0 Å². The van der Waals surface area contributed by atoms with E-state index in [1.54, 1.807) is 24.6 Å². The largest absolute Gasteiger partial charge is 0.389 e. The highest BCUT2D eigenvalue weighted by atomic mass is 35.5. The second-order valence-corrected chi connectivity index (χ2v) is 4.94. The lowest BCUT2D eigenvalue weighted by Crippen LogP contribution is -2.27. The number of aliphatic hydroxyl groups is 1. The first-order chi connectivity index (χ1) is 7.97. The molecular formula is C12H14ClN3O. The number of benzene rings is 1. The van der Waals surface area contributed by atoms with Crippen molar-refractivity contribution < 1.29 is 5.11 Å². The maximum absolute atomic E-state index is 9.81. The van der Waals surface area contributed by atoms with Gasteiger partial charge in [-0.15, -0.1) is 0 Å².